The molecule has 0 N–H and O–H groups in total. The largest absolute Gasteiger partial charge is 0.309 e. The Bertz CT molecular complexity index is 2400. The molecule has 0 saturated heterocycles. The first-order valence-electron chi connectivity index (χ1n) is 21.6. The predicted molar refractivity (Wildman–Crippen MR) is 255 cm³/mol. The van der Waals surface area contributed by atoms with Crippen LogP contribution in [0.15, 0.2) is 133 Å². The highest BCUT2D eigenvalue weighted by molar-refractivity contribution is 6.23. The number of benzene rings is 7. The molecule has 7 aromatic carbocycles. The number of anilines is 6. The van der Waals surface area contributed by atoms with Gasteiger partial charge in [-0.1, -0.05) is 142 Å². The second kappa shape index (κ2) is 16.1. The smallest absolute Gasteiger partial charge is 0.0620 e. The van der Waals surface area contributed by atoms with Crippen molar-refractivity contribution in [1.29, 1.82) is 0 Å². The minimum atomic E-state index is -0.0534. The molecule has 0 aliphatic rings. The van der Waals surface area contributed by atoms with Crippen LogP contribution in [0, 0.1) is 13.8 Å². The van der Waals surface area contributed by atoms with Crippen LogP contribution >= 0.6 is 0 Å². The van der Waals surface area contributed by atoms with Gasteiger partial charge in [0, 0.05) is 44.3 Å². The van der Waals surface area contributed by atoms with E-state index in [1.54, 1.807) is 0 Å². The fourth-order valence-electron chi connectivity index (χ4n) is 8.36. The molecule has 0 radical (unpaired) electrons. The Kier molecular flexibility index (Phi) is 11.4. The highest BCUT2D eigenvalue weighted by atomic mass is 15.2. The Labute approximate surface area is 349 Å². The lowest BCUT2D eigenvalue weighted by Gasteiger charge is -2.34. The third-order valence-corrected chi connectivity index (χ3v) is 12.4. The lowest BCUT2D eigenvalue weighted by atomic mass is 9.82. The molecule has 0 fully saturated rings. The summed E-state index contributed by atoms with van der Waals surface area (Å²) in [4.78, 5) is 5.11. The third kappa shape index (κ3) is 8.04. The van der Waals surface area contributed by atoms with Crippen LogP contribution in [0.3, 0.4) is 0 Å². The highest BCUT2D eigenvalue weighted by Gasteiger charge is 2.29. The van der Waals surface area contributed by atoms with Gasteiger partial charge in [0.1, 0.15) is 0 Å². The molecule has 2 nitrogen and oxygen atoms in total. The van der Waals surface area contributed by atoms with Gasteiger partial charge in [-0.2, -0.15) is 0 Å². The molecule has 0 amide bonds. The van der Waals surface area contributed by atoms with Crippen molar-refractivity contribution in [3.05, 3.63) is 167 Å². The van der Waals surface area contributed by atoms with Crippen LogP contribution in [0.25, 0.3) is 21.5 Å². The molecule has 2 heteroatoms. The molecule has 0 aromatic heterocycles. The molecular formula is C56H64N2. The lowest BCUT2D eigenvalue weighted by molar-refractivity contribution is 0.590. The SMILES string of the molecule is CCC(C)c1cccc(N(c2cccc(C)c2)c2c3ccc(C(C)(C)C)cc3c(N(c3cccc(C)c3)c3cccc(C(C)CC)c3)c3ccc(C(C)(C)C)cc23)c1. The highest BCUT2D eigenvalue weighted by Crippen LogP contribution is 2.53. The average molecular weight is 765 g/mol. The Balaban J connectivity index is 1.72. The fourth-order valence-corrected chi connectivity index (χ4v) is 8.36. The molecule has 0 spiro atoms. The Hall–Kier alpha value is -5.34. The molecule has 0 saturated carbocycles. The van der Waals surface area contributed by atoms with Gasteiger partial charge in [-0.25, -0.2) is 0 Å². The van der Waals surface area contributed by atoms with E-state index in [9.17, 15) is 0 Å². The number of nitrogens with zero attached hydrogens (tertiary/aromatic N) is 2. The van der Waals surface area contributed by atoms with Crippen LogP contribution < -0.4 is 9.80 Å². The van der Waals surface area contributed by atoms with Gasteiger partial charge in [0.15, 0.2) is 0 Å². The van der Waals surface area contributed by atoms with Gasteiger partial charge in [0.05, 0.1) is 11.4 Å². The van der Waals surface area contributed by atoms with Crippen molar-refractivity contribution >= 4 is 55.7 Å². The standard InChI is InChI=1S/C56H64N2/c1-13-39(5)41-21-17-25-47(33-41)57(45-23-15-19-37(3)31-45)53-49-29-27-44(56(10,11)12)36-52(49)54(50-30-28-43(35-51(50)53)55(7,8)9)58(46-24-16-20-38(4)32-46)48-26-18-22-42(34-48)40(6)14-2/h15-36,39-40H,13-14H2,1-12H3. The van der Waals surface area contributed by atoms with Gasteiger partial charge < -0.3 is 9.80 Å². The maximum Gasteiger partial charge on any atom is 0.0620 e. The first kappa shape index (κ1) is 40.8. The third-order valence-electron chi connectivity index (χ3n) is 12.4. The van der Waals surface area contributed by atoms with E-state index in [1.807, 2.05) is 0 Å². The van der Waals surface area contributed by atoms with E-state index >= 15 is 0 Å². The number of fused-ring (bicyclic) bond motifs is 2. The van der Waals surface area contributed by atoms with Gasteiger partial charge in [0.25, 0.3) is 0 Å². The number of aryl methyl sites for hydroxylation is 2. The van der Waals surface area contributed by atoms with Crippen molar-refractivity contribution in [2.45, 2.75) is 119 Å². The van der Waals surface area contributed by atoms with Gasteiger partial charge in [-0.05, 0) is 143 Å². The monoisotopic (exact) mass is 765 g/mol. The van der Waals surface area contributed by atoms with Crippen LogP contribution in [0.2, 0.25) is 0 Å². The minimum Gasteiger partial charge on any atom is -0.309 e. The molecule has 58 heavy (non-hydrogen) atoms. The molecule has 7 aromatic rings. The molecular weight excluding hydrogens is 701 g/mol. The second-order valence-corrected chi connectivity index (χ2v) is 18.9. The van der Waals surface area contributed by atoms with E-state index in [-0.39, 0.29) is 10.8 Å². The van der Waals surface area contributed by atoms with Crippen LogP contribution in [0.1, 0.15) is 127 Å². The normalized spacial score (nSPS) is 13.2. The fraction of sp³-hybridized carbons (Fsp3) is 0.321. The maximum absolute atomic E-state index is 2.55. The van der Waals surface area contributed by atoms with E-state index in [2.05, 4.69) is 226 Å². The van der Waals surface area contributed by atoms with E-state index in [0.29, 0.717) is 11.8 Å². The second-order valence-electron chi connectivity index (χ2n) is 18.9. The predicted octanol–water partition coefficient (Wildman–Crippen LogP) is 17.2. The first-order chi connectivity index (χ1) is 27.6. The zero-order valence-electron chi connectivity index (χ0n) is 37.2. The summed E-state index contributed by atoms with van der Waals surface area (Å²) in [5.41, 5.74) is 14.8. The van der Waals surface area contributed by atoms with Crippen molar-refractivity contribution in [1.82, 2.24) is 0 Å². The first-order valence-corrected chi connectivity index (χ1v) is 21.6. The molecule has 298 valence electrons. The number of hydrogen-bond donors (Lipinski definition) is 0. The molecule has 7 rings (SSSR count). The van der Waals surface area contributed by atoms with Crippen LogP contribution in [0.5, 0.6) is 0 Å². The van der Waals surface area contributed by atoms with E-state index in [4.69, 9.17) is 0 Å². The van der Waals surface area contributed by atoms with Crippen LogP contribution in [-0.2, 0) is 10.8 Å². The quantitative estimate of drug-likeness (QED) is 0.101. The van der Waals surface area contributed by atoms with Gasteiger partial charge in [-0.15, -0.1) is 0 Å². The average Bonchev–Trinajstić information content (AvgIpc) is 3.20. The van der Waals surface area contributed by atoms with Crippen LogP contribution in [-0.4, -0.2) is 0 Å². The van der Waals surface area contributed by atoms with Crippen molar-refractivity contribution in [2.24, 2.45) is 0 Å². The summed E-state index contributed by atoms with van der Waals surface area (Å²) in [5, 5.41) is 4.94. The van der Waals surface area contributed by atoms with Crippen molar-refractivity contribution in [3.63, 3.8) is 0 Å². The van der Waals surface area contributed by atoms with Gasteiger partial charge in [0.2, 0.25) is 0 Å². The Morgan fingerprint density at radius 2 is 0.759 bits per heavy atom. The number of rotatable bonds is 10. The molecule has 0 bridgehead atoms. The summed E-state index contributed by atoms with van der Waals surface area (Å²) < 4.78 is 0. The maximum atomic E-state index is 2.55. The summed E-state index contributed by atoms with van der Waals surface area (Å²) in [7, 11) is 0. The molecule has 2 atom stereocenters. The topological polar surface area (TPSA) is 6.48 Å². The number of hydrogen-bond acceptors (Lipinski definition) is 2. The van der Waals surface area contributed by atoms with E-state index in [0.717, 1.165) is 24.2 Å². The Morgan fingerprint density at radius 1 is 0.414 bits per heavy atom. The van der Waals surface area contributed by atoms with E-state index in [1.165, 1.54) is 77.7 Å². The zero-order valence-corrected chi connectivity index (χ0v) is 37.2. The lowest BCUT2D eigenvalue weighted by Crippen LogP contribution is -2.17. The van der Waals surface area contributed by atoms with E-state index < -0.39 is 0 Å². The van der Waals surface area contributed by atoms with Crippen LogP contribution in [0.4, 0.5) is 34.1 Å². The summed E-state index contributed by atoms with van der Waals surface area (Å²) in [6.07, 6.45) is 2.18. The molecule has 0 aliphatic carbocycles. The zero-order chi connectivity index (χ0) is 41.5. The minimum absolute atomic E-state index is 0.0534. The summed E-state index contributed by atoms with van der Waals surface area (Å²) in [5.74, 6) is 0.900. The summed E-state index contributed by atoms with van der Waals surface area (Å²) >= 11 is 0. The van der Waals surface area contributed by atoms with Crippen molar-refractivity contribution < 1.29 is 0 Å². The molecule has 0 aliphatic heterocycles. The molecule has 2 unspecified atom stereocenters. The summed E-state index contributed by atoms with van der Waals surface area (Å²) in [6.45, 7) is 27.7. The van der Waals surface area contributed by atoms with Crippen molar-refractivity contribution in [2.75, 3.05) is 9.80 Å². The molecule has 0 heterocycles. The van der Waals surface area contributed by atoms with Gasteiger partial charge >= 0.3 is 0 Å². The summed E-state index contributed by atoms with van der Waals surface area (Å²) in [6, 6.07) is 51.2. The van der Waals surface area contributed by atoms with Gasteiger partial charge in [-0.3, -0.25) is 0 Å². The Morgan fingerprint density at radius 3 is 1.09 bits per heavy atom. The van der Waals surface area contributed by atoms with Crippen molar-refractivity contribution in [3.8, 4) is 0 Å².